The van der Waals surface area contributed by atoms with Gasteiger partial charge in [0, 0.05) is 0 Å². The van der Waals surface area contributed by atoms with E-state index in [1.165, 1.54) is 11.3 Å². The van der Waals surface area contributed by atoms with Gasteiger partial charge in [0.1, 0.15) is 6.04 Å². The van der Waals surface area contributed by atoms with Gasteiger partial charge in [0.2, 0.25) is 11.9 Å². The van der Waals surface area contributed by atoms with Gasteiger partial charge in [0.15, 0.2) is 0 Å². The lowest BCUT2D eigenvalue weighted by molar-refractivity contribution is -0.118. The number of nitrogens with one attached hydrogen (secondary N) is 3. The number of hydrogen-bond acceptors (Lipinski definition) is 4. The third-order valence-corrected chi connectivity index (χ3v) is 4.44. The summed E-state index contributed by atoms with van der Waals surface area (Å²) in [5, 5.41) is 7.37. The first-order chi connectivity index (χ1) is 11.7. The highest BCUT2D eigenvalue weighted by molar-refractivity contribution is 7.12. The predicted octanol–water partition coefficient (Wildman–Crippen LogP) is 3.16. The molecular formula is C17H18N4O2S. The monoisotopic (exact) mass is 342 g/mol. The molecule has 3 rings (SSSR count). The molecule has 1 atom stereocenters. The number of hydrogen-bond donors (Lipinski definition) is 3. The molecule has 0 aliphatic rings. The molecule has 2 aromatic heterocycles. The molecule has 0 saturated carbocycles. The minimum Gasteiger partial charge on any atom is -0.340 e. The zero-order valence-electron chi connectivity index (χ0n) is 13.2. The number of thiophene rings is 1. The Balaban J connectivity index is 1.70. The minimum absolute atomic E-state index is 0.233. The molecule has 24 heavy (non-hydrogen) atoms. The molecule has 0 spiro atoms. The van der Waals surface area contributed by atoms with Gasteiger partial charge in [0.25, 0.3) is 5.91 Å². The number of carbonyl (C=O) groups excluding carboxylic acids is 2. The maximum Gasteiger partial charge on any atom is 0.261 e. The standard InChI is InChI=1S/C17H18N4O2S/c1-2-6-13(18-16(23)14-9-5-10-24-14)15(22)21-17-19-11-7-3-4-8-12(11)20-17/h3-5,7-10,13H,2,6H2,1H3,(H,18,23)(H2,19,20,21,22)/t13-/m0/s1. The van der Waals surface area contributed by atoms with Crippen molar-refractivity contribution in [3.05, 3.63) is 46.7 Å². The SMILES string of the molecule is CCC[C@H](NC(=O)c1cccs1)C(=O)Nc1nc2ccccc2[nH]1. The Hall–Kier alpha value is -2.67. The van der Waals surface area contributed by atoms with Crippen LogP contribution >= 0.6 is 11.3 Å². The van der Waals surface area contributed by atoms with Crippen molar-refractivity contribution in [3.8, 4) is 0 Å². The molecule has 0 unspecified atom stereocenters. The Morgan fingerprint density at radius 3 is 2.79 bits per heavy atom. The van der Waals surface area contributed by atoms with Crippen LogP contribution in [0, 0.1) is 0 Å². The van der Waals surface area contributed by atoms with E-state index in [2.05, 4.69) is 20.6 Å². The van der Waals surface area contributed by atoms with E-state index in [4.69, 9.17) is 0 Å². The van der Waals surface area contributed by atoms with Gasteiger partial charge >= 0.3 is 0 Å². The van der Waals surface area contributed by atoms with Crippen molar-refractivity contribution in [2.75, 3.05) is 5.32 Å². The third-order valence-electron chi connectivity index (χ3n) is 3.58. The molecule has 2 heterocycles. The van der Waals surface area contributed by atoms with Crippen LogP contribution in [0.15, 0.2) is 41.8 Å². The van der Waals surface area contributed by atoms with Crippen molar-refractivity contribution in [1.29, 1.82) is 0 Å². The van der Waals surface area contributed by atoms with Gasteiger partial charge in [-0.2, -0.15) is 0 Å². The van der Waals surface area contributed by atoms with Crippen LogP contribution in [0.1, 0.15) is 29.4 Å². The minimum atomic E-state index is -0.599. The van der Waals surface area contributed by atoms with E-state index >= 15 is 0 Å². The molecule has 0 bridgehead atoms. The summed E-state index contributed by atoms with van der Waals surface area (Å²) in [6.07, 6.45) is 1.34. The number of aromatic amines is 1. The van der Waals surface area contributed by atoms with Crippen molar-refractivity contribution in [2.24, 2.45) is 0 Å². The number of para-hydroxylation sites is 2. The Labute approximate surface area is 143 Å². The average molecular weight is 342 g/mol. The lowest BCUT2D eigenvalue weighted by atomic mass is 10.1. The maximum atomic E-state index is 12.5. The van der Waals surface area contributed by atoms with E-state index in [-0.39, 0.29) is 11.8 Å². The topological polar surface area (TPSA) is 86.9 Å². The van der Waals surface area contributed by atoms with Crippen LogP contribution in [-0.2, 0) is 4.79 Å². The molecule has 0 saturated heterocycles. The van der Waals surface area contributed by atoms with Crippen molar-refractivity contribution >= 4 is 40.1 Å². The summed E-state index contributed by atoms with van der Waals surface area (Å²) >= 11 is 1.35. The lowest BCUT2D eigenvalue weighted by Crippen LogP contribution is -2.43. The number of aromatic nitrogens is 2. The van der Waals surface area contributed by atoms with E-state index in [1.807, 2.05) is 42.6 Å². The molecule has 7 heteroatoms. The van der Waals surface area contributed by atoms with Crippen molar-refractivity contribution < 1.29 is 9.59 Å². The molecule has 6 nitrogen and oxygen atoms in total. The molecule has 3 N–H and O–H groups in total. The van der Waals surface area contributed by atoms with Gasteiger partial charge in [-0.05, 0) is 30.0 Å². The van der Waals surface area contributed by atoms with Gasteiger partial charge < -0.3 is 10.3 Å². The molecular weight excluding hydrogens is 324 g/mol. The van der Waals surface area contributed by atoms with E-state index < -0.39 is 6.04 Å². The van der Waals surface area contributed by atoms with Gasteiger partial charge in [-0.25, -0.2) is 4.98 Å². The number of H-pyrrole nitrogens is 1. The van der Waals surface area contributed by atoms with Crippen molar-refractivity contribution in [3.63, 3.8) is 0 Å². The first kappa shape index (κ1) is 16.2. The van der Waals surface area contributed by atoms with Gasteiger partial charge in [0.05, 0.1) is 15.9 Å². The second-order valence-corrected chi connectivity index (χ2v) is 6.33. The van der Waals surface area contributed by atoms with Crippen LogP contribution in [0.25, 0.3) is 11.0 Å². The molecule has 0 fully saturated rings. The maximum absolute atomic E-state index is 12.5. The molecule has 1 aromatic carbocycles. The number of benzene rings is 1. The summed E-state index contributed by atoms with van der Waals surface area (Å²) in [6, 6.07) is 10.5. The average Bonchev–Trinajstić information content (AvgIpc) is 3.23. The summed E-state index contributed by atoms with van der Waals surface area (Å²) in [6.45, 7) is 1.97. The van der Waals surface area contributed by atoms with E-state index in [0.29, 0.717) is 17.2 Å². The molecule has 0 aliphatic carbocycles. The largest absolute Gasteiger partial charge is 0.340 e. The van der Waals surface area contributed by atoms with Gasteiger partial charge in [-0.3, -0.25) is 14.9 Å². The van der Waals surface area contributed by atoms with Gasteiger partial charge in [-0.15, -0.1) is 11.3 Å². The fourth-order valence-electron chi connectivity index (χ4n) is 2.41. The zero-order valence-corrected chi connectivity index (χ0v) is 14.0. The van der Waals surface area contributed by atoms with Crippen molar-refractivity contribution in [2.45, 2.75) is 25.8 Å². The van der Waals surface area contributed by atoms with Crippen LogP contribution in [0.4, 0.5) is 5.95 Å². The number of fused-ring (bicyclic) bond motifs is 1. The first-order valence-electron chi connectivity index (χ1n) is 7.77. The third kappa shape index (κ3) is 3.62. The van der Waals surface area contributed by atoms with Gasteiger partial charge in [-0.1, -0.05) is 31.5 Å². The van der Waals surface area contributed by atoms with Crippen LogP contribution in [0.2, 0.25) is 0 Å². The van der Waals surface area contributed by atoms with E-state index in [0.717, 1.165) is 17.5 Å². The first-order valence-corrected chi connectivity index (χ1v) is 8.65. The zero-order chi connectivity index (χ0) is 16.9. The van der Waals surface area contributed by atoms with E-state index in [1.54, 1.807) is 6.07 Å². The smallest absolute Gasteiger partial charge is 0.261 e. The highest BCUT2D eigenvalue weighted by Crippen LogP contribution is 2.14. The van der Waals surface area contributed by atoms with Crippen LogP contribution < -0.4 is 10.6 Å². The fourth-order valence-corrected chi connectivity index (χ4v) is 3.04. The number of anilines is 1. The van der Waals surface area contributed by atoms with Crippen LogP contribution in [0.5, 0.6) is 0 Å². The predicted molar refractivity (Wildman–Crippen MR) is 95.2 cm³/mol. The molecule has 0 radical (unpaired) electrons. The number of imidazole rings is 1. The second kappa shape index (κ2) is 7.27. The van der Waals surface area contributed by atoms with Crippen LogP contribution in [0.3, 0.4) is 0 Å². The summed E-state index contributed by atoms with van der Waals surface area (Å²) in [4.78, 5) is 32.7. The Morgan fingerprint density at radius 1 is 1.25 bits per heavy atom. The van der Waals surface area contributed by atoms with E-state index in [9.17, 15) is 9.59 Å². The quantitative estimate of drug-likeness (QED) is 0.643. The Kier molecular flexibility index (Phi) is 4.90. The summed E-state index contributed by atoms with van der Waals surface area (Å²) in [5.41, 5.74) is 1.63. The second-order valence-electron chi connectivity index (χ2n) is 5.38. The Bertz CT molecular complexity index is 808. The number of carbonyl (C=O) groups is 2. The van der Waals surface area contributed by atoms with Crippen LogP contribution in [-0.4, -0.2) is 27.8 Å². The normalized spacial score (nSPS) is 12.0. The summed E-state index contributed by atoms with van der Waals surface area (Å²) < 4.78 is 0. The summed E-state index contributed by atoms with van der Waals surface area (Å²) in [5.74, 6) is -0.128. The summed E-state index contributed by atoms with van der Waals surface area (Å²) in [7, 11) is 0. The highest BCUT2D eigenvalue weighted by Gasteiger charge is 2.22. The lowest BCUT2D eigenvalue weighted by Gasteiger charge is -2.16. The Morgan fingerprint density at radius 2 is 2.08 bits per heavy atom. The number of nitrogens with zero attached hydrogens (tertiary/aromatic N) is 1. The fraction of sp³-hybridized carbons (Fsp3) is 0.235. The number of rotatable bonds is 6. The molecule has 2 amide bonds. The molecule has 3 aromatic rings. The molecule has 0 aliphatic heterocycles. The molecule has 124 valence electrons. The highest BCUT2D eigenvalue weighted by atomic mass is 32.1. The number of amides is 2. The van der Waals surface area contributed by atoms with Crippen molar-refractivity contribution in [1.82, 2.24) is 15.3 Å².